The molecule has 20 heavy (non-hydrogen) atoms. The number of aromatic nitrogens is 1. The summed E-state index contributed by atoms with van der Waals surface area (Å²) in [6.45, 7) is 8.43. The maximum absolute atomic E-state index is 11.0. The zero-order valence-corrected chi connectivity index (χ0v) is 13.0. The summed E-state index contributed by atoms with van der Waals surface area (Å²) in [5, 5.41) is 13.0. The molecule has 1 heterocycles. The lowest BCUT2D eigenvalue weighted by atomic mass is 10.1. The number of aryl methyl sites for hydroxylation is 2. The third kappa shape index (κ3) is 4.94. The van der Waals surface area contributed by atoms with Crippen LogP contribution in [0.4, 0.5) is 0 Å². The topological polar surface area (TPSA) is 69.8 Å². The molecule has 1 aromatic heterocycles. The average Bonchev–Trinajstić information content (AvgIpc) is 2.67. The number of hydrogen-bond donors (Lipinski definition) is 1. The van der Waals surface area contributed by atoms with Gasteiger partial charge in [-0.15, -0.1) is 0 Å². The maximum atomic E-state index is 11.0. The molecule has 0 saturated carbocycles. The second kappa shape index (κ2) is 7.40. The van der Waals surface area contributed by atoms with Gasteiger partial charge in [0.1, 0.15) is 5.76 Å². The first-order valence-corrected chi connectivity index (χ1v) is 6.83. The Labute approximate surface area is 120 Å². The largest absolute Gasteiger partial charge is 0.481 e. The number of carboxylic acids is 1. The first-order valence-electron chi connectivity index (χ1n) is 6.83. The van der Waals surface area contributed by atoms with E-state index in [1.807, 2.05) is 27.9 Å². The third-order valence-electron chi connectivity index (χ3n) is 3.38. The highest BCUT2D eigenvalue weighted by molar-refractivity contribution is 5.69. The first kappa shape index (κ1) is 16.7. The molecule has 0 bridgehead atoms. The summed E-state index contributed by atoms with van der Waals surface area (Å²) in [5.41, 5.74) is 1.93. The molecule has 1 rings (SSSR count). The van der Waals surface area contributed by atoms with Gasteiger partial charge in [-0.05, 0) is 27.9 Å². The molecule has 0 saturated heterocycles. The Bertz CT molecular complexity index is 423. The lowest BCUT2D eigenvalue weighted by Gasteiger charge is -2.25. The smallest absolute Gasteiger partial charge is 0.307 e. The van der Waals surface area contributed by atoms with Crippen LogP contribution in [0.2, 0.25) is 0 Å². The van der Waals surface area contributed by atoms with Gasteiger partial charge in [0.25, 0.3) is 0 Å². The monoisotopic (exact) mass is 283 g/mol. The number of nitrogens with zero attached hydrogens (tertiary/aromatic N) is 3. The molecule has 0 radical (unpaired) electrons. The molecular weight excluding hydrogens is 258 g/mol. The van der Waals surface area contributed by atoms with E-state index in [1.165, 1.54) is 0 Å². The molecule has 0 amide bonds. The Kier molecular flexibility index (Phi) is 6.16. The van der Waals surface area contributed by atoms with Crippen LogP contribution in [0.15, 0.2) is 4.52 Å². The van der Waals surface area contributed by atoms with Gasteiger partial charge in [-0.3, -0.25) is 9.69 Å². The van der Waals surface area contributed by atoms with Crippen LogP contribution in [0.3, 0.4) is 0 Å². The second-order valence-corrected chi connectivity index (χ2v) is 5.58. The standard InChI is InChI=1S/C14H25N3O3/c1-10(14(18)19)8-17(7-6-16(4)5)9-13-11(2)15-20-12(13)3/h10H,6-9H2,1-5H3,(H,18,19). The normalized spacial score (nSPS) is 13.2. The van der Waals surface area contributed by atoms with Crippen molar-refractivity contribution in [3.05, 3.63) is 17.0 Å². The SMILES string of the molecule is Cc1noc(C)c1CN(CCN(C)C)CC(C)C(=O)O. The molecule has 0 aromatic carbocycles. The quantitative estimate of drug-likeness (QED) is 0.777. The molecule has 1 unspecified atom stereocenters. The molecule has 0 fully saturated rings. The summed E-state index contributed by atoms with van der Waals surface area (Å²) in [7, 11) is 4.02. The molecule has 6 nitrogen and oxygen atoms in total. The lowest BCUT2D eigenvalue weighted by molar-refractivity contribution is -0.141. The summed E-state index contributed by atoms with van der Waals surface area (Å²) >= 11 is 0. The molecule has 0 spiro atoms. The zero-order valence-electron chi connectivity index (χ0n) is 13.0. The molecule has 1 N–H and O–H groups in total. The Balaban J connectivity index is 2.74. The van der Waals surface area contributed by atoms with E-state index in [0.717, 1.165) is 30.1 Å². The van der Waals surface area contributed by atoms with Crippen LogP contribution in [-0.2, 0) is 11.3 Å². The van der Waals surface area contributed by atoms with Crippen molar-refractivity contribution < 1.29 is 14.4 Å². The summed E-state index contributed by atoms with van der Waals surface area (Å²) < 4.78 is 5.17. The van der Waals surface area contributed by atoms with Crippen LogP contribution in [-0.4, -0.2) is 59.8 Å². The number of carbonyl (C=O) groups is 1. The highest BCUT2D eigenvalue weighted by Crippen LogP contribution is 2.16. The van der Waals surface area contributed by atoms with Crippen molar-refractivity contribution in [1.82, 2.24) is 15.0 Å². The lowest BCUT2D eigenvalue weighted by Crippen LogP contribution is -2.36. The summed E-state index contributed by atoms with van der Waals surface area (Å²) in [6.07, 6.45) is 0. The highest BCUT2D eigenvalue weighted by Gasteiger charge is 2.19. The van der Waals surface area contributed by atoms with E-state index in [0.29, 0.717) is 13.1 Å². The highest BCUT2D eigenvalue weighted by atomic mass is 16.5. The molecule has 0 aliphatic carbocycles. The molecule has 114 valence electrons. The predicted octanol–water partition coefficient (Wildman–Crippen LogP) is 1.38. The second-order valence-electron chi connectivity index (χ2n) is 5.58. The molecule has 0 aliphatic rings. The van der Waals surface area contributed by atoms with Crippen LogP contribution in [0.5, 0.6) is 0 Å². The Morgan fingerprint density at radius 2 is 2.00 bits per heavy atom. The van der Waals surface area contributed by atoms with Gasteiger partial charge in [-0.25, -0.2) is 0 Å². The zero-order chi connectivity index (χ0) is 15.3. The van der Waals surface area contributed by atoms with Gasteiger partial charge < -0.3 is 14.5 Å². The minimum atomic E-state index is -0.765. The van der Waals surface area contributed by atoms with Crippen molar-refractivity contribution >= 4 is 5.97 Å². The summed E-state index contributed by atoms with van der Waals surface area (Å²) in [5.74, 6) is -0.350. The fourth-order valence-electron chi connectivity index (χ4n) is 1.99. The van der Waals surface area contributed by atoms with Gasteiger partial charge >= 0.3 is 5.97 Å². The van der Waals surface area contributed by atoms with Gasteiger partial charge in [-0.2, -0.15) is 0 Å². The fraction of sp³-hybridized carbons (Fsp3) is 0.714. The van der Waals surface area contributed by atoms with E-state index in [-0.39, 0.29) is 0 Å². The number of aliphatic carboxylic acids is 1. The van der Waals surface area contributed by atoms with E-state index in [9.17, 15) is 4.79 Å². The Morgan fingerprint density at radius 3 is 2.45 bits per heavy atom. The van der Waals surface area contributed by atoms with Crippen LogP contribution in [0.1, 0.15) is 23.9 Å². The van der Waals surface area contributed by atoms with Crippen molar-refractivity contribution in [2.75, 3.05) is 33.7 Å². The Hall–Kier alpha value is -1.40. The first-order chi connectivity index (χ1) is 9.31. The van der Waals surface area contributed by atoms with Gasteiger partial charge in [-0.1, -0.05) is 12.1 Å². The van der Waals surface area contributed by atoms with Gasteiger partial charge in [0, 0.05) is 31.7 Å². The predicted molar refractivity (Wildman–Crippen MR) is 76.6 cm³/mol. The van der Waals surface area contributed by atoms with Crippen LogP contribution < -0.4 is 0 Å². The molecule has 0 aliphatic heterocycles. The van der Waals surface area contributed by atoms with E-state index in [2.05, 4.69) is 15.0 Å². The van der Waals surface area contributed by atoms with Crippen LogP contribution in [0.25, 0.3) is 0 Å². The summed E-state index contributed by atoms with van der Waals surface area (Å²) in [6, 6.07) is 0. The van der Waals surface area contributed by atoms with E-state index in [1.54, 1.807) is 6.92 Å². The van der Waals surface area contributed by atoms with Gasteiger partial charge in [0.15, 0.2) is 0 Å². The van der Waals surface area contributed by atoms with Crippen molar-refractivity contribution in [3.63, 3.8) is 0 Å². The van der Waals surface area contributed by atoms with Crippen molar-refractivity contribution in [2.24, 2.45) is 5.92 Å². The third-order valence-corrected chi connectivity index (χ3v) is 3.38. The Morgan fingerprint density at radius 1 is 1.35 bits per heavy atom. The number of hydrogen-bond acceptors (Lipinski definition) is 5. The van der Waals surface area contributed by atoms with Crippen LogP contribution >= 0.6 is 0 Å². The summed E-state index contributed by atoms with van der Waals surface area (Å²) in [4.78, 5) is 15.3. The number of likely N-dealkylation sites (N-methyl/N-ethyl adjacent to an activating group) is 1. The van der Waals surface area contributed by atoms with Crippen molar-refractivity contribution in [1.29, 1.82) is 0 Å². The molecule has 6 heteroatoms. The van der Waals surface area contributed by atoms with E-state index >= 15 is 0 Å². The molecule has 1 atom stereocenters. The minimum absolute atomic E-state index is 0.391. The number of carboxylic acid groups (broad SMARTS) is 1. The van der Waals surface area contributed by atoms with Gasteiger partial charge in [0.2, 0.25) is 0 Å². The van der Waals surface area contributed by atoms with Gasteiger partial charge in [0.05, 0.1) is 11.6 Å². The number of rotatable bonds is 8. The minimum Gasteiger partial charge on any atom is -0.481 e. The van der Waals surface area contributed by atoms with Crippen molar-refractivity contribution in [3.8, 4) is 0 Å². The van der Waals surface area contributed by atoms with E-state index < -0.39 is 11.9 Å². The maximum Gasteiger partial charge on any atom is 0.307 e. The fourth-order valence-corrected chi connectivity index (χ4v) is 1.99. The van der Waals surface area contributed by atoms with E-state index in [4.69, 9.17) is 9.63 Å². The average molecular weight is 283 g/mol. The molecular formula is C14H25N3O3. The molecule has 1 aromatic rings. The van der Waals surface area contributed by atoms with Crippen LogP contribution in [0, 0.1) is 19.8 Å². The van der Waals surface area contributed by atoms with Crippen molar-refractivity contribution in [2.45, 2.75) is 27.3 Å².